The van der Waals surface area contributed by atoms with Gasteiger partial charge in [0.25, 0.3) is 0 Å². The SMILES string of the molecule is Cc1cc(C(C)NCC2(CC(C)C)CCCC2)c(C)o1. The molecule has 0 spiro atoms. The molecule has 1 saturated carbocycles. The fraction of sp³-hybridized carbons (Fsp3) is 0.778. The number of furan rings is 1. The Kier molecular flexibility index (Phi) is 4.95. The summed E-state index contributed by atoms with van der Waals surface area (Å²) in [5, 5.41) is 3.78. The summed E-state index contributed by atoms with van der Waals surface area (Å²) >= 11 is 0. The molecule has 1 fully saturated rings. The third-order valence-corrected chi connectivity index (χ3v) is 4.83. The van der Waals surface area contributed by atoms with E-state index in [1.165, 1.54) is 37.7 Å². The van der Waals surface area contributed by atoms with Gasteiger partial charge < -0.3 is 9.73 Å². The maximum absolute atomic E-state index is 5.66. The molecule has 1 atom stereocenters. The third-order valence-electron chi connectivity index (χ3n) is 4.83. The Morgan fingerprint density at radius 2 is 1.85 bits per heavy atom. The van der Waals surface area contributed by atoms with Crippen molar-refractivity contribution in [3.05, 3.63) is 23.2 Å². The summed E-state index contributed by atoms with van der Waals surface area (Å²) in [6.45, 7) is 12.2. The summed E-state index contributed by atoms with van der Waals surface area (Å²) in [4.78, 5) is 0. The van der Waals surface area contributed by atoms with Crippen LogP contribution in [-0.4, -0.2) is 6.54 Å². The molecule has 2 nitrogen and oxygen atoms in total. The van der Waals surface area contributed by atoms with Gasteiger partial charge in [-0.15, -0.1) is 0 Å². The maximum atomic E-state index is 5.66. The number of hydrogen-bond donors (Lipinski definition) is 1. The topological polar surface area (TPSA) is 25.2 Å². The molecule has 0 aromatic carbocycles. The van der Waals surface area contributed by atoms with Gasteiger partial charge in [0.1, 0.15) is 11.5 Å². The molecule has 2 heteroatoms. The van der Waals surface area contributed by atoms with Gasteiger partial charge in [0.2, 0.25) is 0 Å². The number of hydrogen-bond acceptors (Lipinski definition) is 2. The van der Waals surface area contributed by atoms with Crippen molar-refractivity contribution in [1.29, 1.82) is 0 Å². The van der Waals surface area contributed by atoms with E-state index in [4.69, 9.17) is 4.42 Å². The van der Waals surface area contributed by atoms with Crippen LogP contribution in [0.25, 0.3) is 0 Å². The number of nitrogens with one attached hydrogen (secondary N) is 1. The van der Waals surface area contributed by atoms with Crippen LogP contribution in [0, 0.1) is 25.2 Å². The van der Waals surface area contributed by atoms with Gasteiger partial charge >= 0.3 is 0 Å². The van der Waals surface area contributed by atoms with Crippen LogP contribution in [0.5, 0.6) is 0 Å². The standard InChI is InChI=1S/C18H31NO/c1-13(2)11-18(8-6-7-9-18)12-19-15(4)17-10-14(3)20-16(17)5/h10,13,15,19H,6-9,11-12H2,1-5H3. The number of aryl methyl sites for hydroxylation is 2. The second-order valence-corrected chi connectivity index (χ2v) is 7.28. The first-order chi connectivity index (χ1) is 9.42. The predicted octanol–water partition coefficient (Wildman–Crippen LogP) is 5.15. The molecule has 1 aliphatic rings. The molecule has 0 radical (unpaired) electrons. The summed E-state index contributed by atoms with van der Waals surface area (Å²) < 4.78 is 5.66. The van der Waals surface area contributed by atoms with Crippen LogP contribution in [0.1, 0.15) is 76.0 Å². The van der Waals surface area contributed by atoms with Gasteiger partial charge in [-0.1, -0.05) is 26.7 Å². The highest BCUT2D eigenvalue weighted by atomic mass is 16.3. The van der Waals surface area contributed by atoms with Crippen LogP contribution < -0.4 is 5.32 Å². The Balaban J connectivity index is 1.97. The second kappa shape index (κ2) is 6.34. The van der Waals surface area contributed by atoms with Crippen LogP contribution in [0.4, 0.5) is 0 Å². The zero-order valence-corrected chi connectivity index (χ0v) is 13.9. The maximum Gasteiger partial charge on any atom is 0.105 e. The Labute approximate surface area is 124 Å². The minimum absolute atomic E-state index is 0.386. The molecule has 0 bridgehead atoms. The lowest BCUT2D eigenvalue weighted by Gasteiger charge is -2.32. The van der Waals surface area contributed by atoms with Crippen molar-refractivity contribution in [1.82, 2.24) is 5.32 Å². The van der Waals surface area contributed by atoms with E-state index in [-0.39, 0.29) is 0 Å². The molecule has 0 amide bonds. The van der Waals surface area contributed by atoms with Gasteiger partial charge in [0, 0.05) is 18.2 Å². The predicted molar refractivity (Wildman–Crippen MR) is 85.0 cm³/mol. The fourth-order valence-electron chi connectivity index (χ4n) is 4.00. The summed E-state index contributed by atoms with van der Waals surface area (Å²) in [5.74, 6) is 2.87. The van der Waals surface area contributed by atoms with Crippen molar-refractivity contribution < 1.29 is 4.42 Å². The zero-order chi connectivity index (χ0) is 14.8. The van der Waals surface area contributed by atoms with E-state index in [0.29, 0.717) is 11.5 Å². The molecule has 2 rings (SSSR count). The highest BCUT2D eigenvalue weighted by Gasteiger charge is 2.34. The lowest BCUT2D eigenvalue weighted by molar-refractivity contribution is 0.217. The summed E-state index contributed by atoms with van der Waals surface area (Å²) in [7, 11) is 0. The quantitative estimate of drug-likeness (QED) is 0.777. The Bertz CT molecular complexity index is 427. The monoisotopic (exact) mass is 277 g/mol. The normalized spacial score (nSPS) is 19.7. The van der Waals surface area contributed by atoms with Crippen molar-refractivity contribution in [3.8, 4) is 0 Å². The van der Waals surface area contributed by atoms with Gasteiger partial charge in [-0.3, -0.25) is 0 Å². The molecule has 114 valence electrons. The zero-order valence-electron chi connectivity index (χ0n) is 13.9. The average molecular weight is 277 g/mol. The average Bonchev–Trinajstić information content (AvgIpc) is 2.93. The van der Waals surface area contributed by atoms with Crippen molar-refractivity contribution >= 4 is 0 Å². The van der Waals surface area contributed by atoms with Gasteiger partial charge in [-0.2, -0.15) is 0 Å². The van der Waals surface area contributed by atoms with Crippen LogP contribution in [-0.2, 0) is 0 Å². The molecule has 0 aliphatic heterocycles. The van der Waals surface area contributed by atoms with Crippen molar-refractivity contribution in [2.75, 3.05) is 6.54 Å². The van der Waals surface area contributed by atoms with E-state index in [9.17, 15) is 0 Å². The molecule has 1 aromatic rings. The Hall–Kier alpha value is -0.760. The van der Waals surface area contributed by atoms with Crippen LogP contribution in [0.3, 0.4) is 0 Å². The van der Waals surface area contributed by atoms with E-state index in [1.54, 1.807) is 0 Å². The van der Waals surface area contributed by atoms with E-state index in [2.05, 4.69) is 39.1 Å². The van der Waals surface area contributed by atoms with Gasteiger partial charge in [0.05, 0.1) is 0 Å². The molecular formula is C18H31NO. The molecular weight excluding hydrogens is 246 g/mol. The molecule has 1 unspecified atom stereocenters. The van der Waals surface area contributed by atoms with Crippen LogP contribution >= 0.6 is 0 Å². The minimum atomic E-state index is 0.386. The summed E-state index contributed by atoms with van der Waals surface area (Å²) in [6.07, 6.45) is 6.97. The molecule has 20 heavy (non-hydrogen) atoms. The van der Waals surface area contributed by atoms with E-state index in [1.807, 2.05) is 6.92 Å². The number of rotatable bonds is 6. The first kappa shape index (κ1) is 15.6. The van der Waals surface area contributed by atoms with Gasteiger partial charge in [-0.25, -0.2) is 0 Å². The third kappa shape index (κ3) is 3.66. The highest BCUT2D eigenvalue weighted by Crippen LogP contribution is 2.43. The largest absolute Gasteiger partial charge is 0.466 e. The van der Waals surface area contributed by atoms with Crippen LogP contribution in [0.2, 0.25) is 0 Å². The first-order valence-corrected chi connectivity index (χ1v) is 8.22. The fourth-order valence-corrected chi connectivity index (χ4v) is 4.00. The van der Waals surface area contributed by atoms with Gasteiger partial charge in [0.15, 0.2) is 0 Å². The van der Waals surface area contributed by atoms with Crippen molar-refractivity contribution in [2.45, 2.75) is 72.8 Å². The van der Waals surface area contributed by atoms with Crippen molar-refractivity contribution in [3.63, 3.8) is 0 Å². The second-order valence-electron chi connectivity index (χ2n) is 7.28. The Morgan fingerprint density at radius 3 is 2.35 bits per heavy atom. The molecule has 0 saturated heterocycles. The van der Waals surface area contributed by atoms with E-state index < -0.39 is 0 Å². The molecule has 1 N–H and O–H groups in total. The lowest BCUT2D eigenvalue weighted by Crippen LogP contribution is -2.34. The molecule has 1 heterocycles. The minimum Gasteiger partial charge on any atom is -0.466 e. The summed E-state index contributed by atoms with van der Waals surface area (Å²) in [6, 6.07) is 2.56. The summed E-state index contributed by atoms with van der Waals surface area (Å²) in [5.41, 5.74) is 1.86. The van der Waals surface area contributed by atoms with Crippen molar-refractivity contribution in [2.24, 2.45) is 11.3 Å². The highest BCUT2D eigenvalue weighted by molar-refractivity contribution is 5.23. The Morgan fingerprint density at radius 1 is 1.20 bits per heavy atom. The molecule has 1 aliphatic carbocycles. The van der Waals surface area contributed by atoms with E-state index >= 15 is 0 Å². The smallest absolute Gasteiger partial charge is 0.105 e. The molecule has 1 aromatic heterocycles. The van der Waals surface area contributed by atoms with E-state index in [0.717, 1.165) is 24.0 Å². The van der Waals surface area contributed by atoms with Gasteiger partial charge in [-0.05, 0) is 57.4 Å². The first-order valence-electron chi connectivity index (χ1n) is 8.22. The lowest BCUT2D eigenvalue weighted by atomic mass is 9.78. The van der Waals surface area contributed by atoms with Crippen LogP contribution in [0.15, 0.2) is 10.5 Å².